The number of carbonyl (C=O) groups excluding carboxylic acids is 1. The Labute approximate surface area is 158 Å². The summed E-state index contributed by atoms with van der Waals surface area (Å²) >= 11 is 0. The number of hydrogen-bond donors (Lipinski definition) is 0. The molecule has 1 atom stereocenters. The second-order valence-electron chi connectivity index (χ2n) is 6.54. The van der Waals surface area contributed by atoms with E-state index >= 15 is 0 Å². The lowest BCUT2D eigenvalue weighted by Gasteiger charge is -2.39. The smallest absolute Gasteiger partial charge is 0.414 e. The highest BCUT2D eigenvalue weighted by atomic mass is 32.2. The van der Waals surface area contributed by atoms with Gasteiger partial charge in [0.2, 0.25) is 0 Å². The first-order chi connectivity index (χ1) is 13.0. The van der Waals surface area contributed by atoms with Crippen LogP contribution in [-0.2, 0) is 22.3 Å². The second kappa shape index (κ2) is 7.36. The molecule has 2 aliphatic rings. The van der Waals surface area contributed by atoms with Crippen LogP contribution in [0.5, 0.6) is 0 Å². The molecule has 2 aromatic carbocycles. The molecule has 27 heavy (non-hydrogen) atoms. The molecule has 0 spiro atoms. The van der Waals surface area contributed by atoms with Gasteiger partial charge < -0.3 is 4.74 Å². The molecule has 0 aromatic heterocycles. The molecule has 2 aromatic rings. The Morgan fingerprint density at radius 2 is 1.78 bits per heavy atom. The van der Waals surface area contributed by atoms with E-state index in [1.807, 2.05) is 24.3 Å². The van der Waals surface area contributed by atoms with Gasteiger partial charge in [0.25, 0.3) is 0 Å². The van der Waals surface area contributed by atoms with Crippen molar-refractivity contribution in [1.82, 2.24) is 4.31 Å². The van der Waals surface area contributed by atoms with Gasteiger partial charge in [-0.05, 0) is 37.1 Å². The van der Waals surface area contributed by atoms with Crippen molar-refractivity contribution in [2.75, 3.05) is 18.0 Å². The first-order valence-corrected chi connectivity index (χ1v) is 9.81. The van der Waals surface area contributed by atoms with Crippen molar-refractivity contribution in [3.63, 3.8) is 0 Å². The lowest BCUT2D eigenvalue weighted by Crippen LogP contribution is -2.49. The molecule has 2 heterocycles. The average Bonchev–Trinajstić information content (AvgIpc) is 2.70. The summed E-state index contributed by atoms with van der Waals surface area (Å²) in [6, 6.07) is 10.9. The number of carbonyl (C=O) groups is 1. The minimum Gasteiger partial charge on any atom is -0.444 e. The van der Waals surface area contributed by atoms with E-state index in [-0.39, 0.29) is 23.6 Å². The fourth-order valence-electron chi connectivity index (χ4n) is 3.52. The predicted molar refractivity (Wildman–Crippen MR) is 96.5 cm³/mol. The van der Waals surface area contributed by atoms with Crippen molar-refractivity contribution in [3.8, 4) is 0 Å². The van der Waals surface area contributed by atoms with E-state index in [4.69, 9.17) is 4.74 Å². The average molecular weight is 392 g/mol. The number of para-hydroxylation sites is 1. The fraction of sp³-hybridized carbons (Fsp3) is 0.316. The highest BCUT2D eigenvalue weighted by molar-refractivity contribution is 7.82. The van der Waals surface area contributed by atoms with Gasteiger partial charge in [0.05, 0.1) is 10.6 Å². The minimum atomic E-state index is -1.57. The number of anilines is 1. The quantitative estimate of drug-likeness (QED) is 0.802. The van der Waals surface area contributed by atoms with Gasteiger partial charge in [-0.15, -0.1) is 0 Å². The molecule has 2 aliphatic heterocycles. The third kappa shape index (κ3) is 3.46. The zero-order chi connectivity index (χ0) is 19.0. The molecule has 0 radical (unpaired) electrons. The molecular weight excluding hydrogens is 374 g/mol. The number of hydrogen-bond acceptors (Lipinski definition) is 3. The Morgan fingerprint density at radius 1 is 1.04 bits per heavy atom. The Bertz CT molecular complexity index is 900. The van der Waals surface area contributed by atoms with E-state index in [1.54, 1.807) is 9.21 Å². The van der Waals surface area contributed by atoms with Gasteiger partial charge in [0.1, 0.15) is 17.6 Å². The third-order valence-electron chi connectivity index (χ3n) is 4.91. The van der Waals surface area contributed by atoms with Crippen molar-refractivity contribution in [1.29, 1.82) is 0 Å². The molecule has 0 saturated carbocycles. The van der Waals surface area contributed by atoms with E-state index in [1.165, 1.54) is 6.07 Å². The molecule has 1 unspecified atom stereocenters. The Morgan fingerprint density at radius 3 is 2.52 bits per heavy atom. The summed E-state index contributed by atoms with van der Waals surface area (Å²) in [5.74, 6) is -1.97. The van der Waals surface area contributed by atoms with Gasteiger partial charge in [-0.2, -0.15) is 0 Å². The van der Waals surface area contributed by atoms with E-state index < -0.39 is 22.6 Å². The van der Waals surface area contributed by atoms with Crippen molar-refractivity contribution < 1.29 is 22.5 Å². The Hall–Kier alpha value is -2.32. The topological polar surface area (TPSA) is 49.9 Å². The summed E-state index contributed by atoms with van der Waals surface area (Å²) in [5, 5.41) is 0. The van der Waals surface area contributed by atoms with Gasteiger partial charge in [0.15, 0.2) is 11.6 Å². The highest BCUT2D eigenvalue weighted by Crippen LogP contribution is 2.32. The molecule has 4 rings (SSSR count). The normalized spacial score (nSPS) is 19.5. The zero-order valence-corrected chi connectivity index (χ0v) is 15.3. The van der Waals surface area contributed by atoms with E-state index in [9.17, 15) is 17.8 Å². The van der Waals surface area contributed by atoms with Crippen molar-refractivity contribution in [3.05, 3.63) is 59.7 Å². The zero-order valence-electron chi connectivity index (χ0n) is 14.4. The number of piperidine rings is 1. The molecule has 1 saturated heterocycles. The lowest BCUT2D eigenvalue weighted by atomic mass is 10.0. The molecule has 1 amide bonds. The van der Waals surface area contributed by atoms with Crippen LogP contribution >= 0.6 is 0 Å². The molecule has 0 aliphatic carbocycles. The third-order valence-corrected chi connectivity index (χ3v) is 6.41. The summed E-state index contributed by atoms with van der Waals surface area (Å²) < 4.78 is 46.1. The maximum Gasteiger partial charge on any atom is 0.414 e. The molecule has 8 heteroatoms. The lowest BCUT2D eigenvalue weighted by molar-refractivity contribution is 0.136. The number of amides is 1. The van der Waals surface area contributed by atoms with Crippen molar-refractivity contribution in [2.24, 2.45) is 0 Å². The van der Waals surface area contributed by atoms with Crippen LogP contribution in [-0.4, -0.2) is 33.7 Å². The molecule has 5 nitrogen and oxygen atoms in total. The standard InChI is InChI=1S/C19H18F2N2O3S/c20-16-6-5-15(11-17(16)21)27(25)22-9-7-14(8-10-22)23-18-4-2-1-3-13(18)12-26-19(23)24/h1-6,11,14H,7-10,12H2. The van der Waals surface area contributed by atoms with E-state index in [2.05, 4.69) is 0 Å². The van der Waals surface area contributed by atoms with E-state index in [0.717, 1.165) is 23.4 Å². The number of rotatable bonds is 3. The molecule has 0 bridgehead atoms. The number of ether oxygens (including phenoxy) is 1. The summed E-state index contributed by atoms with van der Waals surface area (Å²) in [6.45, 7) is 1.22. The fourth-order valence-corrected chi connectivity index (χ4v) is 4.75. The maximum absolute atomic E-state index is 13.4. The number of halogens is 2. The van der Waals surface area contributed by atoms with Crippen molar-refractivity contribution in [2.45, 2.75) is 30.4 Å². The SMILES string of the molecule is O=C1OCc2ccccc2N1C1CCN(S(=O)c2ccc(F)c(F)c2)CC1. The van der Waals surface area contributed by atoms with Gasteiger partial charge >= 0.3 is 6.09 Å². The van der Waals surface area contributed by atoms with Crippen LogP contribution in [0, 0.1) is 11.6 Å². The highest BCUT2D eigenvalue weighted by Gasteiger charge is 2.35. The maximum atomic E-state index is 13.4. The number of nitrogens with zero attached hydrogens (tertiary/aromatic N) is 2. The van der Waals surface area contributed by atoms with Gasteiger partial charge in [0, 0.05) is 24.7 Å². The van der Waals surface area contributed by atoms with Gasteiger partial charge in [-0.25, -0.2) is 22.1 Å². The predicted octanol–water partition coefficient (Wildman–Crippen LogP) is 3.61. The van der Waals surface area contributed by atoms with Crippen LogP contribution in [0.25, 0.3) is 0 Å². The summed E-state index contributed by atoms with van der Waals surface area (Å²) in [6.07, 6.45) is 0.853. The van der Waals surface area contributed by atoms with E-state index in [0.29, 0.717) is 25.9 Å². The van der Waals surface area contributed by atoms with Crippen LogP contribution in [0.15, 0.2) is 47.4 Å². The van der Waals surface area contributed by atoms with Crippen LogP contribution in [0.1, 0.15) is 18.4 Å². The molecule has 142 valence electrons. The first kappa shape index (κ1) is 18.1. The number of cyclic esters (lactones) is 1. The minimum absolute atomic E-state index is 0.0582. The summed E-state index contributed by atoms with van der Waals surface area (Å²) in [7, 11) is -1.57. The second-order valence-corrected chi connectivity index (χ2v) is 8.02. The molecular formula is C19H18F2N2O3S. The van der Waals surface area contributed by atoms with Gasteiger partial charge in [-0.1, -0.05) is 18.2 Å². The largest absolute Gasteiger partial charge is 0.444 e. The summed E-state index contributed by atoms with van der Waals surface area (Å²) in [5.41, 5.74) is 1.82. The van der Waals surface area contributed by atoms with Crippen LogP contribution in [0.4, 0.5) is 19.3 Å². The van der Waals surface area contributed by atoms with Crippen LogP contribution < -0.4 is 4.90 Å². The van der Waals surface area contributed by atoms with Crippen molar-refractivity contribution >= 4 is 22.8 Å². The monoisotopic (exact) mass is 392 g/mol. The van der Waals surface area contributed by atoms with Crippen LogP contribution in [0.3, 0.4) is 0 Å². The van der Waals surface area contributed by atoms with Crippen LogP contribution in [0.2, 0.25) is 0 Å². The number of fused-ring (bicyclic) bond motifs is 1. The Balaban J connectivity index is 1.47. The first-order valence-electron chi connectivity index (χ1n) is 8.70. The number of benzene rings is 2. The Kier molecular flexibility index (Phi) is 4.92. The van der Waals surface area contributed by atoms with Gasteiger partial charge in [-0.3, -0.25) is 4.90 Å². The molecule has 1 fully saturated rings. The summed E-state index contributed by atoms with van der Waals surface area (Å²) in [4.78, 5) is 14.2. The molecule has 0 N–H and O–H groups in total.